The quantitative estimate of drug-likeness (QED) is 0.750. The molecule has 4 nitrogen and oxygen atoms in total. The van der Waals surface area contributed by atoms with Gasteiger partial charge in [-0.2, -0.15) is 0 Å². The number of hydrogen-bond donors (Lipinski definition) is 2. The fourth-order valence-electron chi connectivity index (χ4n) is 2.94. The molecular formula is C11H22N2O2S. The number of rotatable bonds is 3. The molecule has 0 amide bonds. The van der Waals surface area contributed by atoms with Crippen molar-refractivity contribution in [2.24, 2.45) is 11.7 Å². The highest BCUT2D eigenvalue weighted by Gasteiger charge is 2.32. The van der Waals surface area contributed by atoms with Crippen LogP contribution in [0.2, 0.25) is 0 Å². The van der Waals surface area contributed by atoms with E-state index in [1.165, 1.54) is 19.3 Å². The molecule has 5 heteroatoms. The second-order valence-corrected chi connectivity index (χ2v) is 7.38. The molecule has 0 aromatic heterocycles. The lowest BCUT2D eigenvalue weighted by Crippen LogP contribution is -2.47. The van der Waals surface area contributed by atoms with Crippen LogP contribution in [0.1, 0.15) is 32.1 Å². The minimum absolute atomic E-state index is 0.169. The van der Waals surface area contributed by atoms with E-state index < -0.39 is 9.84 Å². The van der Waals surface area contributed by atoms with Crippen molar-refractivity contribution >= 4 is 9.84 Å². The van der Waals surface area contributed by atoms with Crippen molar-refractivity contribution < 1.29 is 8.42 Å². The maximum Gasteiger partial charge on any atom is 0.151 e. The van der Waals surface area contributed by atoms with Gasteiger partial charge in [0.1, 0.15) is 0 Å². The summed E-state index contributed by atoms with van der Waals surface area (Å²) in [7, 11) is -2.76. The van der Waals surface area contributed by atoms with Crippen LogP contribution in [-0.2, 0) is 9.84 Å². The predicted molar refractivity (Wildman–Crippen MR) is 65.0 cm³/mol. The van der Waals surface area contributed by atoms with Crippen LogP contribution in [0.3, 0.4) is 0 Å². The highest BCUT2D eigenvalue weighted by molar-refractivity contribution is 7.91. The zero-order valence-electron chi connectivity index (χ0n) is 9.69. The summed E-state index contributed by atoms with van der Waals surface area (Å²) in [6, 6.07) is 0.610. The van der Waals surface area contributed by atoms with Gasteiger partial charge >= 0.3 is 0 Å². The Morgan fingerprint density at radius 1 is 1.19 bits per heavy atom. The maximum absolute atomic E-state index is 11.4. The second kappa shape index (κ2) is 5.02. The van der Waals surface area contributed by atoms with E-state index in [2.05, 4.69) is 5.32 Å². The lowest BCUT2D eigenvalue weighted by molar-refractivity contribution is 0.252. The molecule has 0 spiro atoms. The summed E-state index contributed by atoms with van der Waals surface area (Å²) in [6.07, 6.45) is 5.62. The first-order chi connectivity index (χ1) is 7.61. The van der Waals surface area contributed by atoms with Crippen LogP contribution in [0.5, 0.6) is 0 Å². The monoisotopic (exact) mass is 246 g/mol. The van der Waals surface area contributed by atoms with E-state index in [9.17, 15) is 8.42 Å². The van der Waals surface area contributed by atoms with Gasteiger partial charge in [0.25, 0.3) is 0 Å². The number of nitrogens with one attached hydrogen (secondary N) is 1. The number of sulfone groups is 1. The van der Waals surface area contributed by atoms with Crippen molar-refractivity contribution in [3.63, 3.8) is 0 Å². The van der Waals surface area contributed by atoms with E-state index in [4.69, 9.17) is 5.73 Å². The van der Waals surface area contributed by atoms with Gasteiger partial charge in [0.05, 0.1) is 11.5 Å². The molecule has 1 aliphatic carbocycles. The Morgan fingerprint density at radius 3 is 2.56 bits per heavy atom. The fourth-order valence-corrected chi connectivity index (χ4v) is 4.62. The molecule has 94 valence electrons. The van der Waals surface area contributed by atoms with Gasteiger partial charge in [-0.3, -0.25) is 0 Å². The minimum Gasteiger partial charge on any atom is -0.330 e. The van der Waals surface area contributed by atoms with Gasteiger partial charge in [-0.1, -0.05) is 12.8 Å². The zero-order chi connectivity index (χ0) is 11.6. The Labute approximate surface area is 97.9 Å². The van der Waals surface area contributed by atoms with E-state index in [1.54, 1.807) is 0 Å². The summed E-state index contributed by atoms with van der Waals surface area (Å²) >= 11 is 0. The third kappa shape index (κ3) is 2.96. The molecular weight excluding hydrogens is 224 g/mol. The summed E-state index contributed by atoms with van der Waals surface area (Å²) in [5.74, 6) is 1.21. The zero-order valence-corrected chi connectivity index (χ0v) is 10.5. The standard InChI is InChI=1S/C11H22N2O2S/c12-7-9-3-1-2-4-11(9)13-10-5-6-16(14,15)8-10/h9-11,13H,1-8,12H2. The molecule has 1 aliphatic heterocycles. The SMILES string of the molecule is NCC1CCCCC1NC1CCS(=O)(=O)C1. The third-order valence-electron chi connectivity index (χ3n) is 3.89. The van der Waals surface area contributed by atoms with Crippen molar-refractivity contribution in [2.45, 2.75) is 44.2 Å². The number of hydrogen-bond acceptors (Lipinski definition) is 4. The van der Waals surface area contributed by atoms with E-state index >= 15 is 0 Å². The van der Waals surface area contributed by atoms with Crippen LogP contribution in [0.25, 0.3) is 0 Å². The Kier molecular flexibility index (Phi) is 3.87. The van der Waals surface area contributed by atoms with Crippen molar-refractivity contribution in [3.05, 3.63) is 0 Å². The predicted octanol–water partition coefficient (Wildman–Crippen LogP) is 0.281. The van der Waals surface area contributed by atoms with Gasteiger partial charge in [0, 0.05) is 12.1 Å². The van der Waals surface area contributed by atoms with Crippen LogP contribution >= 0.6 is 0 Å². The van der Waals surface area contributed by atoms with Gasteiger partial charge in [0.2, 0.25) is 0 Å². The Hall–Kier alpha value is -0.130. The Morgan fingerprint density at radius 2 is 1.94 bits per heavy atom. The Bertz CT molecular complexity index is 329. The smallest absolute Gasteiger partial charge is 0.151 e. The first-order valence-electron chi connectivity index (χ1n) is 6.27. The molecule has 2 rings (SSSR count). The maximum atomic E-state index is 11.4. The van der Waals surface area contributed by atoms with Gasteiger partial charge in [-0.25, -0.2) is 8.42 Å². The van der Waals surface area contributed by atoms with Crippen LogP contribution in [0, 0.1) is 5.92 Å². The van der Waals surface area contributed by atoms with Gasteiger partial charge in [0.15, 0.2) is 9.84 Å². The highest BCUT2D eigenvalue weighted by atomic mass is 32.2. The molecule has 3 unspecified atom stereocenters. The lowest BCUT2D eigenvalue weighted by Gasteiger charge is -2.33. The largest absolute Gasteiger partial charge is 0.330 e. The van der Waals surface area contributed by atoms with Gasteiger partial charge in [-0.05, 0) is 31.7 Å². The minimum atomic E-state index is -2.76. The van der Waals surface area contributed by atoms with Crippen molar-refractivity contribution in [1.29, 1.82) is 0 Å². The molecule has 16 heavy (non-hydrogen) atoms. The molecule has 2 aliphatic rings. The number of nitrogens with two attached hydrogens (primary N) is 1. The van der Waals surface area contributed by atoms with Crippen molar-refractivity contribution in [3.8, 4) is 0 Å². The van der Waals surface area contributed by atoms with Crippen LogP contribution in [0.15, 0.2) is 0 Å². The second-order valence-electron chi connectivity index (χ2n) is 5.15. The summed E-state index contributed by atoms with van der Waals surface area (Å²) in [4.78, 5) is 0. The third-order valence-corrected chi connectivity index (χ3v) is 5.66. The molecule has 0 radical (unpaired) electrons. The van der Waals surface area contributed by atoms with Gasteiger partial charge in [-0.15, -0.1) is 0 Å². The van der Waals surface area contributed by atoms with E-state index in [1.807, 2.05) is 0 Å². The average molecular weight is 246 g/mol. The summed E-state index contributed by atoms with van der Waals surface area (Å²) in [5, 5.41) is 3.52. The average Bonchev–Trinajstić information content (AvgIpc) is 2.59. The molecule has 0 bridgehead atoms. The van der Waals surface area contributed by atoms with Crippen LogP contribution in [0.4, 0.5) is 0 Å². The topological polar surface area (TPSA) is 72.2 Å². The lowest BCUT2D eigenvalue weighted by atomic mass is 9.84. The van der Waals surface area contributed by atoms with E-state index in [0.717, 1.165) is 19.4 Å². The van der Waals surface area contributed by atoms with Gasteiger partial charge < -0.3 is 11.1 Å². The fraction of sp³-hybridized carbons (Fsp3) is 1.00. The first-order valence-corrected chi connectivity index (χ1v) is 8.09. The summed E-state index contributed by atoms with van der Waals surface area (Å²) < 4.78 is 22.7. The molecule has 1 saturated carbocycles. The van der Waals surface area contributed by atoms with E-state index in [-0.39, 0.29) is 6.04 Å². The highest BCUT2D eigenvalue weighted by Crippen LogP contribution is 2.25. The van der Waals surface area contributed by atoms with Crippen molar-refractivity contribution in [2.75, 3.05) is 18.1 Å². The molecule has 0 aromatic rings. The summed E-state index contributed by atoms with van der Waals surface area (Å²) in [5.41, 5.74) is 5.76. The molecule has 0 aromatic carbocycles. The van der Waals surface area contributed by atoms with Crippen LogP contribution in [-0.4, -0.2) is 38.6 Å². The normalized spacial score (nSPS) is 38.7. The Balaban J connectivity index is 1.88. The summed E-state index contributed by atoms with van der Waals surface area (Å²) in [6.45, 7) is 0.719. The van der Waals surface area contributed by atoms with Crippen LogP contribution < -0.4 is 11.1 Å². The first kappa shape index (κ1) is 12.3. The molecule has 2 fully saturated rings. The molecule has 1 saturated heterocycles. The molecule has 3 atom stereocenters. The van der Waals surface area contributed by atoms with Crippen molar-refractivity contribution in [1.82, 2.24) is 5.32 Å². The molecule has 1 heterocycles. The molecule has 3 N–H and O–H groups in total. The van der Waals surface area contributed by atoms with E-state index in [0.29, 0.717) is 23.5 Å².